The van der Waals surface area contributed by atoms with Crippen LogP contribution in [0, 0.1) is 7.43 Å². The summed E-state index contributed by atoms with van der Waals surface area (Å²) in [7, 11) is 0. The third-order valence-electron chi connectivity index (χ3n) is 8.29. The molecule has 0 atom stereocenters. The van der Waals surface area contributed by atoms with E-state index in [2.05, 4.69) is 25.9 Å². The number of nitrogens with zero attached hydrogens (tertiary/aromatic N) is 6. The second-order valence-electron chi connectivity index (χ2n) is 17.8. The summed E-state index contributed by atoms with van der Waals surface area (Å²) in [5.74, 6) is 0.712. The number of amides is 2. The largest absolute Gasteiger partial charge is 2.00 e. The van der Waals surface area contributed by atoms with Crippen molar-refractivity contribution < 1.29 is 80.7 Å². The van der Waals surface area contributed by atoms with Crippen LogP contribution >= 0.6 is 0 Å². The predicted molar refractivity (Wildman–Crippen MR) is 266 cm³/mol. The number of nitrogens with two attached hydrogens (primary N) is 1. The maximum atomic E-state index is 12.0. The normalized spacial score (nSPS) is 11.1. The Morgan fingerprint density at radius 3 is 1.29 bits per heavy atom. The van der Waals surface area contributed by atoms with Gasteiger partial charge in [0, 0.05) is 18.2 Å². The molecule has 2 amide bonds. The van der Waals surface area contributed by atoms with Gasteiger partial charge in [-0.2, -0.15) is 28.5 Å². The Morgan fingerprint density at radius 2 is 0.958 bits per heavy atom. The first-order chi connectivity index (χ1) is 31.9. The Bertz CT molecular complexity index is 2600. The molecule has 6 aromatic rings. The summed E-state index contributed by atoms with van der Waals surface area (Å²) in [6.07, 6.45) is -6.90. The second-order valence-corrected chi connectivity index (χ2v) is 17.8. The van der Waals surface area contributed by atoms with Crippen LogP contribution in [0.4, 0.5) is 40.2 Å². The number of halogens is 4. The minimum Gasteiger partial charge on any atom is -1.00 e. The van der Waals surface area contributed by atoms with Crippen LogP contribution in [0.25, 0.3) is 17.1 Å². The number of esters is 1. The summed E-state index contributed by atoms with van der Waals surface area (Å²) in [6, 6.07) is 32.9. The first kappa shape index (κ1) is 66.0. The van der Waals surface area contributed by atoms with Gasteiger partial charge in [0.1, 0.15) is 39.9 Å². The van der Waals surface area contributed by atoms with Crippen LogP contribution in [0.15, 0.2) is 109 Å². The first-order valence-corrected chi connectivity index (χ1v) is 21.3. The molecule has 23 heteroatoms. The molecular formula is C49H63F3IMgN9O9. The van der Waals surface area contributed by atoms with E-state index in [0.29, 0.717) is 34.5 Å². The molecule has 0 saturated carbocycles. The molecule has 6 rings (SSSR count). The zero-order chi connectivity index (χ0) is 52.0. The van der Waals surface area contributed by atoms with Gasteiger partial charge in [0.15, 0.2) is 5.69 Å². The van der Waals surface area contributed by atoms with E-state index in [1.54, 1.807) is 97.7 Å². The van der Waals surface area contributed by atoms with Gasteiger partial charge >= 0.3 is 47.4 Å². The summed E-state index contributed by atoms with van der Waals surface area (Å²) in [4.78, 5) is 44.7. The molecule has 0 spiro atoms. The van der Waals surface area contributed by atoms with Crippen molar-refractivity contribution in [3.8, 4) is 17.1 Å². The van der Waals surface area contributed by atoms with E-state index < -0.39 is 53.0 Å². The van der Waals surface area contributed by atoms with Crippen molar-refractivity contribution in [2.45, 2.75) is 105 Å². The molecule has 18 nitrogen and oxygen atoms in total. The van der Waals surface area contributed by atoms with Gasteiger partial charge in [-0.15, -0.1) is 0 Å². The zero-order valence-corrected chi connectivity index (χ0v) is 46.0. The fraction of sp³-hybridized carbons (Fsp3) is 0.347. The molecule has 72 heavy (non-hydrogen) atoms. The third kappa shape index (κ3) is 22.6. The van der Waals surface area contributed by atoms with Crippen molar-refractivity contribution in [2.24, 2.45) is 0 Å². The van der Waals surface area contributed by atoms with Gasteiger partial charge in [-0.1, -0.05) is 54.6 Å². The molecule has 0 bridgehead atoms. The minimum absolute atomic E-state index is 0. The molecule has 0 fully saturated rings. The summed E-state index contributed by atoms with van der Waals surface area (Å²) in [5, 5.41) is 38.2. The Hall–Kier alpha value is -6.02. The number of alkyl halides is 3. The van der Waals surface area contributed by atoms with E-state index >= 15 is 0 Å². The number of benzene rings is 3. The number of carbonyl (C=O) groups is 4. The van der Waals surface area contributed by atoms with Gasteiger partial charge in [-0.05, 0) is 113 Å². The second kappa shape index (κ2) is 28.3. The van der Waals surface area contributed by atoms with E-state index in [9.17, 15) is 37.8 Å². The van der Waals surface area contributed by atoms with Gasteiger partial charge in [0.25, 0.3) is 0 Å². The van der Waals surface area contributed by atoms with Crippen molar-refractivity contribution in [1.82, 2.24) is 29.3 Å². The van der Waals surface area contributed by atoms with Crippen LogP contribution in [-0.2, 0) is 30.2 Å². The molecule has 0 radical (unpaired) electrons. The average molecular weight is 1130 g/mol. The molecule has 0 aliphatic carbocycles. The summed E-state index contributed by atoms with van der Waals surface area (Å²) in [6.45, 7) is 19.3. The fourth-order valence-corrected chi connectivity index (χ4v) is 5.36. The topological polar surface area (TPSA) is 240 Å². The Morgan fingerprint density at radius 1 is 0.625 bits per heavy atom. The van der Waals surface area contributed by atoms with Crippen molar-refractivity contribution in [3.05, 3.63) is 134 Å². The number of nitrogens with one attached hydrogen (secondary N) is 2. The average Bonchev–Trinajstić information content (AvgIpc) is 3.98. The Labute approximate surface area is 451 Å². The SMILES string of the molecule is CC(C)(C)OC(=O)Nc1cc(C(C)(C)O)nn1-c1ccccc1.CC(C)(O)c1cc(N)n(-c2ccccc2)n1.CCOC(=O)c1cc(NC(=O)OC(C)(C)C)n(-c2ccccc2)n1.O=CC(F)(F)F.[CH3-].[I-].[Mg+2]. The van der Waals surface area contributed by atoms with Gasteiger partial charge < -0.3 is 61.6 Å². The molecule has 3 aromatic carbocycles. The predicted octanol–water partition coefficient (Wildman–Crippen LogP) is 6.35. The van der Waals surface area contributed by atoms with Gasteiger partial charge in [0.05, 0.1) is 35.1 Å². The van der Waals surface area contributed by atoms with Crippen LogP contribution < -0.4 is 40.3 Å². The van der Waals surface area contributed by atoms with Crippen LogP contribution in [0.3, 0.4) is 0 Å². The number of ether oxygens (including phenoxy) is 3. The standard InChI is InChI=1S/C17H21N3O4.C17H23N3O3.C12H15N3O.C2HF3O.CH3.HI.Mg/c1-5-23-15(21)13-11-14(18-16(22)24-17(2,3)4)20(19-13)12-9-7-6-8-10-12;1-16(2,3)23-15(21)18-14-11-13(17(4,5)22)19-20(14)12-9-7-6-8-10-12;1-12(2,16)10-8-11(13)15(14-10)9-6-4-3-5-7-9;3-2(4,5)1-6;;;/h6-11H,5H2,1-4H3,(H,18,22);6-11,22H,1-5H3,(H,18,21);3-8,16H,13H2,1-2H3;1H;1H3;1H;/q;;;;-1;;+2/p-1. The Balaban J connectivity index is 0.000000987. The summed E-state index contributed by atoms with van der Waals surface area (Å²) >= 11 is 0. The van der Waals surface area contributed by atoms with Crippen LogP contribution in [0.5, 0.6) is 0 Å². The number of carbonyl (C=O) groups excluding carboxylic acids is 4. The molecular weight excluding hydrogens is 1070 g/mol. The first-order valence-electron chi connectivity index (χ1n) is 21.3. The van der Waals surface area contributed by atoms with E-state index in [1.165, 1.54) is 10.7 Å². The van der Waals surface area contributed by atoms with Gasteiger partial charge in [-0.3, -0.25) is 15.4 Å². The third-order valence-corrected chi connectivity index (χ3v) is 8.29. The number of aliphatic hydroxyl groups is 2. The van der Waals surface area contributed by atoms with Crippen molar-refractivity contribution in [2.75, 3.05) is 23.0 Å². The van der Waals surface area contributed by atoms with Crippen LogP contribution in [-0.4, -0.2) is 111 Å². The molecule has 388 valence electrons. The Kier molecular flexibility index (Phi) is 25.9. The quantitative estimate of drug-likeness (QED) is 0.0265. The smallest absolute Gasteiger partial charge is 1.00 e. The minimum atomic E-state index is -4.64. The number of hydrogen-bond donors (Lipinski definition) is 5. The van der Waals surface area contributed by atoms with E-state index in [4.69, 9.17) is 24.7 Å². The fourth-order valence-electron chi connectivity index (χ4n) is 5.36. The molecule has 0 unspecified atom stereocenters. The van der Waals surface area contributed by atoms with Crippen molar-refractivity contribution >= 4 is 64.9 Å². The monoisotopic (exact) mass is 1130 g/mol. The molecule has 0 saturated heterocycles. The molecule has 3 heterocycles. The van der Waals surface area contributed by atoms with Gasteiger partial charge in [0.2, 0.25) is 6.29 Å². The number of nitrogen functional groups attached to an aromatic ring is 1. The number of anilines is 3. The van der Waals surface area contributed by atoms with E-state index in [0.717, 1.165) is 11.4 Å². The van der Waals surface area contributed by atoms with Crippen molar-refractivity contribution in [3.63, 3.8) is 0 Å². The maximum absolute atomic E-state index is 12.0. The van der Waals surface area contributed by atoms with E-state index in [-0.39, 0.29) is 66.8 Å². The number of aromatic nitrogens is 6. The number of hydrogen-bond acceptors (Lipinski definition) is 13. The van der Waals surface area contributed by atoms with Crippen LogP contribution in [0.1, 0.15) is 98.0 Å². The number of rotatable bonds is 9. The number of para-hydroxylation sites is 3. The maximum Gasteiger partial charge on any atom is 2.00 e. The van der Waals surface area contributed by atoms with Crippen molar-refractivity contribution in [1.29, 1.82) is 0 Å². The molecule has 6 N–H and O–H groups in total. The van der Waals surface area contributed by atoms with Gasteiger partial charge in [-0.25, -0.2) is 28.4 Å². The van der Waals surface area contributed by atoms with Crippen LogP contribution in [0.2, 0.25) is 0 Å². The number of aldehydes is 1. The summed E-state index contributed by atoms with van der Waals surface area (Å²) < 4.78 is 51.4. The zero-order valence-electron chi connectivity index (χ0n) is 42.4. The molecule has 0 aliphatic heterocycles. The summed E-state index contributed by atoms with van der Waals surface area (Å²) in [5.41, 5.74) is 6.00. The molecule has 0 aliphatic rings. The molecule has 3 aromatic heterocycles. The van der Waals surface area contributed by atoms with E-state index in [1.807, 2.05) is 91.0 Å².